The number of anilines is 1. The summed E-state index contributed by atoms with van der Waals surface area (Å²) in [5, 5.41) is 12.3. The minimum atomic E-state index is -0.773. The number of hydrogen-bond acceptors (Lipinski definition) is 6. The topological polar surface area (TPSA) is 104 Å². The molecule has 0 aromatic heterocycles. The number of amides is 1. The van der Waals surface area contributed by atoms with Crippen molar-refractivity contribution in [2.45, 2.75) is 32.4 Å². The van der Waals surface area contributed by atoms with Crippen molar-refractivity contribution in [1.82, 2.24) is 16.0 Å². The first-order chi connectivity index (χ1) is 13.0. The molecule has 1 atom stereocenters. The normalized spacial score (nSPS) is 18.2. The predicted molar refractivity (Wildman–Crippen MR) is 110 cm³/mol. The average Bonchev–Trinajstić information content (AvgIpc) is 2.66. The van der Waals surface area contributed by atoms with Crippen molar-refractivity contribution in [3.63, 3.8) is 0 Å². The Hall–Kier alpha value is -2.82. The number of benzene rings is 1. The smallest absolute Gasteiger partial charge is 0.251 e. The monoisotopic (exact) mass is 368 g/mol. The van der Waals surface area contributed by atoms with Crippen LogP contribution in [-0.2, 0) is 6.42 Å². The Labute approximate surface area is 160 Å². The van der Waals surface area contributed by atoms with E-state index in [1.165, 1.54) is 0 Å². The van der Waals surface area contributed by atoms with Crippen LogP contribution < -0.4 is 27.0 Å². The van der Waals surface area contributed by atoms with E-state index in [4.69, 9.17) is 12.2 Å². The van der Waals surface area contributed by atoms with Crippen LogP contribution >= 0.6 is 0 Å². The maximum absolute atomic E-state index is 12.5. The SMILES string of the molecule is C#CCNCCCNC(=O)c1ccc(NC2=NC=CNC2(C)N)cc1CC. The van der Waals surface area contributed by atoms with E-state index in [0.717, 1.165) is 30.6 Å². The van der Waals surface area contributed by atoms with Gasteiger partial charge in [0.15, 0.2) is 0 Å². The first-order valence-corrected chi connectivity index (χ1v) is 9.10. The van der Waals surface area contributed by atoms with Crippen LogP contribution in [0.3, 0.4) is 0 Å². The summed E-state index contributed by atoms with van der Waals surface area (Å²) >= 11 is 0. The number of nitrogens with zero attached hydrogens (tertiary/aromatic N) is 1. The maximum atomic E-state index is 12.5. The molecule has 27 heavy (non-hydrogen) atoms. The number of aliphatic imine (C=N–C) groups is 1. The Morgan fingerprint density at radius 2 is 2.22 bits per heavy atom. The zero-order chi connectivity index (χ0) is 19.7. The zero-order valence-electron chi connectivity index (χ0n) is 15.9. The maximum Gasteiger partial charge on any atom is 0.251 e. The number of terminal acetylenes is 1. The van der Waals surface area contributed by atoms with Crippen LogP contribution in [0.2, 0.25) is 0 Å². The molecule has 1 unspecified atom stereocenters. The lowest BCUT2D eigenvalue weighted by molar-refractivity contribution is 0.0952. The fourth-order valence-electron chi connectivity index (χ4n) is 2.68. The van der Waals surface area contributed by atoms with Gasteiger partial charge in [-0.2, -0.15) is 0 Å². The summed E-state index contributed by atoms with van der Waals surface area (Å²) in [4.78, 5) is 16.8. The van der Waals surface area contributed by atoms with E-state index in [2.05, 4.69) is 32.2 Å². The highest BCUT2D eigenvalue weighted by Crippen LogP contribution is 2.18. The number of aryl methyl sites for hydroxylation is 1. The van der Waals surface area contributed by atoms with Gasteiger partial charge in [0.25, 0.3) is 5.91 Å². The highest BCUT2D eigenvalue weighted by atomic mass is 16.1. The van der Waals surface area contributed by atoms with Crippen molar-refractivity contribution in [2.75, 3.05) is 25.0 Å². The third-order valence-electron chi connectivity index (χ3n) is 4.19. The van der Waals surface area contributed by atoms with Gasteiger partial charge in [-0.15, -0.1) is 6.42 Å². The lowest BCUT2D eigenvalue weighted by Gasteiger charge is -2.29. The van der Waals surface area contributed by atoms with E-state index < -0.39 is 5.66 Å². The molecule has 0 fully saturated rings. The molecule has 7 nitrogen and oxygen atoms in total. The molecule has 0 bridgehead atoms. The largest absolute Gasteiger partial charge is 0.366 e. The van der Waals surface area contributed by atoms with E-state index in [9.17, 15) is 4.79 Å². The van der Waals surface area contributed by atoms with Crippen LogP contribution in [0.4, 0.5) is 5.69 Å². The molecule has 0 saturated heterocycles. The molecule has 7 heteroatoms. The third-order valence-corrected chi connectivity index (χ3v) is 4.19. The Kier molecular flexibility index (Phi) is 7.41. The molecular weight excluding hydrogens is 340 g/mol. The second-order valence-corrected chi connectivity index (χ2v) is 6.48. The Balaban J connectivity index is 1.99. The average molecular weight is 368 g/mol. The second kappa shape index (κ2) is 9.76. The standard InChI is InChI=1S/C20H28N6O/c1-4-9-22-10-6-11-23-18(27)17-8-7-16(14-15(17)5-2)26-19-20(3,21)25-13-12-24-19/h1,7-8,12-14,22,25H,5-6,9-11,21H2,2-3H3,(H,23,27)(H,24,26). The summed E-state index contributed by atoms with van der Waals surface area (Å²) < 4.78 is 0. The van der Waals surface area contributed by atoms with Crippen LogP contribution in [0.1, 0.15) is 36.2 Å². The molecule has 0 radical (unpaired) electrons. The number of nitrogens with two attached hydrogens (primary N) is 1. The van der Waals surface area contributed by atoms with Gasteiger partial charge in [-0.25, -0.2) is 4.99 Å². The summed E-state index contributed by atoms with van der Waals surface area (Å²) in [6, 6.07) is 5.65. The van der Waals surface area contributed by atoms with Crippen molar-refractivity contribution in [3.8, 4) is 12.3 Å². The van der Waals surface area contributed by atoms with E-state index in [1.54, 1.807) is 12.4 Å². The number of carbonyl (C=O) groups is 1. The Bertz CT molecular complexity index is 760. The molecule has 1 aliphatic heterocycles. The molecule has 6 N–H and O–H groups in total. The molecule has 0 aliphatic carbocycles. The van der Waals surface area contributed by atoms with E-state index in [0.29, 0.717) is 24.5 Å². The van der Waals surface area contributed by atoms with Gasteiger partial charge < -0.3 is 27.0 Å². The number of rotatable bonds is 8. The molecule has 144 valence electrons. The van der Waals surface area contributed by atoms with Crippen LogP contribution in [0.5, 0.6) is 0 Å². The summed E-state index contributed by atoms with van der Waals surface area (Å²) in [5.74, 6) is 3.06. The Morgan fingerprint density at radius 3 is 2.93 bits per heavy atom. The Morgan fingerprint density at radius 1 is 1.41 bits per heavy atom. The van der Waals surface area contributed by atoms with Gasteiger partial charge in [-0.05, 0) is 50.1 Å². The molecule has 1 heterocycles. The van der Waals surface area contributed by atoms with Gasteiger partial charge >= 0.3 is 0 Å². The minimum absolute atomic E-state index is 0.0707. The van der Waals surface area contributed by atoms with Crippen molar-refractivity contribution in [1.29, 1.82) is 0 Å². The van der Waals surface area contributed by atoms with Crippen LogP contribution in [-0.4, -0.2) is 37.0 Å². The number of amidine groups is 1. The van der Waals surface area contributed by atoms with Gasteiger partial charge in [0, 0.05) is 30.2 Å². The summed E-state index contributed by atoms with van der Waals surface area (Å²) in [5.41, 5.74) is 7.89. The molecule has 0 spiro atoms. The van der Waals surface area contributed by atoms with Gasteiger partial charge in [-0.3, -0.25) is 4.79 Å². The molecule has 1 amide bonds. The van der Waals surface area contributed by atoms with Crippen molar-refractivity contribution in [3.05, 3.63) is 41.7 Å². The molecule has 1 aromatic rings. The quantitative estimate of drug-likeness (QED) is 0.350. The molecular formula is C20H28N6O. The molecule has 1 aliphatic rings. The predicted octanol–water partition coefficient (Wildman–Crippen LogP) is 1.15. The third kappa shape index (κ3) is 5.84. The fourth-order valence-corrected chi connectivity index (χ4v) is 2.68. The number of carbonyl (C=O) groups excluding carboxylic acids is 1. The van der Waals surface area contributed by atoms with Gasteiger partial charge in [0.1, 0.15) is 11.5 Å². The number of nitrogens with one attached hydrogen (secondary N) is 4. The van der Waals surface area contributed by atoms with Crippen LogP contribution in [0.25, 0.3) is 0 Å². The van der Waals surface area contributed by atoms with Crippen molar-refractivity contribution < 1.29 is 4.79 Å². The van der Waals surface area contributed by atoms with E-state index >= 15 is 0 Å². The van der Waals surface area contributed by atoms with Crippen molar-refractivity contribution >= 4 is 17.4 Å². The first kappa shape index (κ1) is 20.5. The number of hydrogen-bond donors (Lipinski definition) is 5. The van der Waals surface area contributed by atoms with E-state index in [-0.39, 0.29) is 5.91 Å². The van der Waals surface area contributed by atoms with Crippen molar-refractivity contribution in [2.24, 2.45) is 10.7 Å². The molecule has 0 saturated carbocycles. The lowest BCUT2D eigenvalue weighted by atomic mass is 10.0. The highest BCUT2D eigenvalue weighted by Gasteiger charge is 2.26. The van der Waals surface area contributed by atoms with Gasteiger partial charge in [0.05, 0.1) is 6.54 Å². The van der Waals surface area contributed by atoms with Gasteiger partial charge in [-0.1, -0.05) is 12.8 Å². The minimum Gasteiger partial charge on any atom is -0.366 e. The van der Waals surface area contributed by atoms with Gasteiger partial charge in [0.2, 0.25) is 0 Å². The van der Waals surface area contributed by atoms with Crippen LogP contribution in [0.15, 0.2) is 35.6 Å². The van der Waals surface area contributed by atoms with E-state index in [1.807, 2.05) is 32.0 Å². The molecule has 2 rings (SSSR count). The zero-order valence-corrected chi connectivity index (χ0v) is 15.9. The summed E-state index contributed by atoms with van der Waals surface area (Å²) in [6.45, 7) is 5.77. The second-order valence-electron chi connectivity index (χ2n) is 6.48. The first-order valence-electron chi connectivity index (χ1n) is 9.10. The fraction of sp³-hybridized carbons (Fsp3) is 0.400. The lowest BCUT2D eigenvalue weighted by Crippen LogP contribution is -2.58. The summed E-state index contributed by atoms with van der Waals surface area (Å²) in [6.07, 6.45) is 10.1. The molecule has 1 aromatic carbocycles. The van der Waals surface area contributed by atoms with Crippen LogP contribution in [0, 0.1) is 12.3 Å². The highest BCUT2D eigenvalue weighted by molar-refractivity contribution is 6.03. The summed E-state index contributed by atoms with van der Waals surface area (Å²) in [7, 11) is 0.